The molecule has 0 radical (unpaired) electrons. The van der Waals surface area contributed by atoms with Gasteiger partial charge in [0.25, 0.3) is 0 Å². The Morgan fingerprint density at radius 1 is 1.25 bits per heavy atom. The van der Waals surface area contributed by atoms with Crippen LogP contribution in [0.4, 0.5) is 5.13 Å². The van der Waals surface area contributed by atoms with Gasteiger partial charge in [-0.3, -0.25) is 5.43 Å². The second-order valence-electron chi connectivity index (χ2n) is 4.85. The molecule has 0 aliphatic carbocycles. The van der Waals surface area contributed by atoms with Gasteiger partial charge in [-0.25, -0.2) is 4.98 Å². The molecule has 24 heavy (non-hydrogen) atoms. The number of aromatic hydroxyl groups is 1. The Kier molecular flexibility index (Phi) is 5.12. The number of aromatic nitrogens is 1. The molecule has 0 amide bonds. The van der Waals surface area contributed by atoms with E-state index in [2.05, 4.69) is 31.4 Å². The lowest BCUT2D eigenvalue weighted by molar-refractivity contribution is 0.415. The molecule has 0 spiro atoms. The molecular formula is C17H14BrN3O2S. The van der Waals surface area contributed by atoms with E-state index in [1.54, 1.807) is 31.5 Å². The van der Waals surface area contributed by atoms with E-state index in [0.29, 0.717) is 9.60 Å². The topological polar surface area (TPSA) is 66.7 Å². The SMILES string of the molecule is COc1ccc(-c2csc(N/N=C\c3ccc(O)c(Br)c3)n2)cc1. The van der Waals surface area contributed by atoms with Crippen LogP contribution in [0.25, 0.3) is 11.3 Å². The Hall–Kier alpha value is -2.38. The molecule has 3 rings (SSSR count). The fourth-order valence-electron chi connectivity index (χ4n) is 1.98. The van der Waals surface area contributed by atoms with Crippen LogP contribution in [0.2, 0.25) is 0 Å². The number of phenolic OH excluding ortho intramolecular Hbond substituents is 1. The molecule has 122 valence electrons. The van der Waals surface area contributed by atoms with Gasteiger partial charge in [0, 0.05) is 10.9 Å². The highest BCUT2D eigenvalue weighted by Gasteiger charge is 2.04. The molecule has 1 heterocycles. The number of hydrogen-bond donors (Lipinski definition) is 2. The Balaban J connectivity index is 1.67. The summed E-state index contributed by atoms with van der Waals surface area (Å²) in [6, 6.07) is 12.9. The molecule has 5 nitrogen and oxygen atoms in total. The highest BCUT2D eigenvalue weighted by Crippen LogP contribution is 2.26. The van der Waals surface area contributed by atoms with Gasteiger partial charge in [0.1, 0.15) is 11.5 Å². The summed E-state index contributed by atoms with van der Waals surface area (Å²) in [6.07, 6.45) is 1.67. The van der Waals surface area contributed by atoms with Crippen molar-refractivity contribution in [1.29, 1.82) is 0 Å². The molecular weight excluding hydrogens is 390 g/mol. The first-order chi connectivity index (χ1) is 11.7. The van der Waals surface area contributed by atoms with E-state index < -0.39 is 0 Å². The quantitative estimate of drug-likeness (QED) is 0.477. The third kappa shape index (κ3) is 3.93. The molecule has 0 aliphatic heterocycles. The number of thiazole rings is 1. The molecule has 0 fully saturated rings. The number of rotatable bonds is 5. The van der Waals surface area contributed by atoms with E-state index in [9.17, 15) is 5.11 Å². The zero-order valence-electron chi connectivity index (χ0n) is 12.7. The van der Waals surface area contributed by atoms with Gasteiger partial charge in [-0.15, -0.1) is 11.3 Å². The smallest absolute Gasteiger partial charge is 0.203 e. The van der Waals surface area contributed by atoms with Crippen LogP contribution >= 0.6 is 27.3 Å². The van der Waals surface area contributed by atoms with Crippen molar-refractivity contribution in [3.63, 3.8) is 0 Å². The number of benzene rings is 2. The van der Waals surface area contributed by atoms with Gasteiger partial charge in [-0.2, -0.15) is 5.10 Å². The van der Waals surface area contributed by atoms with Gasteiger partial charge in [0.2, 0.25) is 5.13 Å². The van der Waals surface area contributed by atoms with Crippen LogP contribution in [0.1, 0.15) is 5.56 Å². The molecule has 0 atom stereocenters. The van der Waals surface area contributed by atoms with Crippen molar-refractivity contribution >= 4 is 38.6 Å². The molecule has 2 aromatic carbocycles. The van der Waals surface area contributed by atoms with Crippen LogP contribution in [0.15, 0.2) is 57.4 Å². The summed E-state index contributed by atoms with van der Waals surface area (Å²) in [4.78, 5) is 4.50. The number of ether oxygens (including phenoxy) is 1. The summed E-state index contributed by atoms with van der Waals surface area (Å²) < 4.78 is 5.78. The molecule has 7 heteroatoms. The molecule has 2 N–H and O–H groups in total. The van der Waals surface area contributed by atoms with Gasteiger partial charge >= 0.3 is 0 Å². The van der Waals surface area contributed by atoms with E-state index in [-0.39, 0.29) is 5.75 Å². The van der Waals surface area contributed by atoms with Crippen molar-refractivity contribution in [3.05, 3.63) is 57.9 Å². The van der Waals surface area contributed by atoms with Crippen molar-refractivity contribution in [1.82, 2.24) is 4.98 Å². The molecule has 0 saturated heterocycles. The summed E-state index contributed by atoms with van der Waals surface area (Å²) in [5.41, 5.74) is 5.68. The summed E-state index contributed by atoms with van der Waals surface area (Å²) in [5, 5.41) is 16.3. The standard InChI is InChI=1S/C17H14BrN3O2S/c1-23-13-5-3-12(4-6-13)15-10-24-17(20-15)21-19-9-11-2-7-16(22)14(18)8-11/h2-10,22H,1H3,(H,20,21)/b19-9-. The Bertz CT molecular complexity index is 863. The van der Waals surface area contributed by atoms with Crippen LogP contribution in [-0.2, 0) is 0 Å². The monoisotopic (exact) mass is 403 g/mol. The fraction of sp³-hybridized carbons (Fsp3) is 0.0588. The lowest BCUT2D eigenvalue weighted by atomic mass is 10.2. The summed E-state index contributed by atoms with van der Waals surface area (Å²) in [6.45, 7) is 0. The van der Waals surface area contributed by atoms with Crippen molar-refractivity contribution in [2.45, 2.75) is 0 Å². The third-order valence-electron chi connectivity index (χ3n) is 3.24. The minimum Gasteiger partial charge on any atom is -0.507 e. The minimum absolute atomic E-state index is 0.198. The second-order valence-corrected chi connectivity index (χ2v) is 6.56. The zero-order chi connectivity index (χ0) is 16.9. The van der Waals surface area contributed by atoms with Gasteiger partial charge < -0.3 is 9.84 Å². The van der Waals surface area contributed by atoms with E-state index in [0.717, 1.165) is 22.6 Å². The van der Waals surface area contributed by atoms with E-state index >= 15 is 0 Å². The fourth-order valence-corrected chi connectivity index (χ4v) is 3.05. The van der Waals surface area contributed by atoms with E-state index in [4.69, 9.17) is 4.74 Å². The second kappa shape index (κ2) is 7.46. The number of anilines is 1. The molecule has 1 aromatic heterocycles. The van der Waals surface area contributed by atoms with Crippen LogP contribution in [0, 0.1) is 0 Å². The first-order valence-electron chi connectivity index (χ1n) is 7.03. The lowest BCUT2D eigenvalue weighted by Gasteiger charge is -2.00. The molecule has 0 saturated carbocycles. The van der Waals surface area contributed by atoms with Gasteiger partial charge in [0.15, 0.2) is 0 Å². The first kappa shape index (κ1) is 16.5. The Morgan fingerprint density at radius 2 is 2.04 bits per heavy atom. The lowest BCUT2D eigenvalue weighted by Crippen LogP contribution is -1.90. The molecule has 0 unspecified atom stereocenters. The van der Waals surface area contributed by atoms with Gasteiger partial charge in [-0.1, -0.05) is 0 Å². The Labute approximate surface area is 151 Å². The van der Waals surface area contributed by atoms with Gasteiger partial charge in [-0.05, 0) is 64.0 Å². The van der Waals surface area contributed by atoms with E-state index in [1.807, 2.05) is 29.6 Å². The maximum Gasteiger partial charge on any atom is 0.203 e. The largest absolute Gasteiger partial charge is 0.507 e. The molecule has 0 aliphatic rings. The van der Waals surface area contributed by atoms with Crippen molar-refractivity contribution in [2.24, 2.45) is 5.10 Å². The van der Waals surface area contributed by atoms with Crippen LogP contribution in [0.5, 0.6) is 11.5 Å². The predicted molar refractivity (Wildman–Crippen MR) is 101 cm³/mol. The van der Waals surface area contributed by atoms with Crippen LogP contribution in [-0.4, -0.2) is 23.4 Å². The van der Waals surface area contributed by atoms with Crippen molar-refractivity contribution in [3.8, 4) is 22.8 Å². The van der Waals surface area contributed by atoms with Crippen molar-refractivity contribution < 1.29 is 9.84 Å². The predicted octanol–water partition coefficient (Wildman–Crippen LogP) is 4.73. The Morgan fingerprint density at radius 3 is 2.75 bits per heavy atom. The van der Waals surface area contributed by atoms with Crippen molar-refractivity contribution in [2.75, 3.05) is 12.5 Å². The maximum absolute atomic E-state index is 9.47. The number of nitrogens with one attached hydrogen (secondary N) is 1. The summed E-state index contributed by atoms with van der Waals surface area (Å²) in [5.74, 6) is 1.01. The third-order valence-corrected chi connectivity index (χ3v) is 4.62. The van der Waals surface area contributed by atoms with E-state index in [1.165, 1.54) is 11.3 Å². The summed E-state index contributed by atoms with van der Waals surface area (Å²) >= 11 is 4.75. The number of methoxy groups -OCH3 is 1. The number of phenols is 1. The number of hydrazone groups is 1. The first-order valence-corrected chi connectivity index (χ1v) is 8.70. The van der Waals surface area contributed by atoms with Gasteiger partial charge in [0.05, 0.1) is 23.5 Å². The molecule has 3 aromatic rings. The summed E-state index contributed by atoms with van der Waals surface area (Å²) in [7, 11) is 1.64. The number of hydrogen-bond acceptors (Lipinski definition) is 6. The minimum atomic E-state index is 0.198. The number of halogens is 1. The zero-order valence-corrected chi connectivity index (χ0v) is 15.1. The average Bonchev–Trinajstić information content (AvgIpc) is 3.07. The highest BCUT2D eigenvalue weighted by atomic mass is 79.9. The average molecular weight is 404 g/mol. The normalized spacial score (nSPS) is 10.9. The number of nitrogens with zero attached hydrogens (tertiary/aromatic N) is 2. The molecule has 0 bridgehead atoms. The van der Waals surface area contributed by atoms with Crippen LogP contribution in [0.3, 0.4) is 0 Å². The highest BCUT2D eigenvalue weighted by molar-refractivity contribution is 9.10. The maximum atomic E-state index is 9.47. The van der Waals surface area contributed by atoms with Crippen LogP contribution < -0.4 is 10.2 Å².